The van der Waals surface area contributed by atoms with Crippen molar-refractivity contribution in [1.82, 2.24) is 0 Å². The van der Waals surface area contributed by atoms with Gasteiger partial charge in [-0.2, -0.15) is 0 Å². The number of hydrogen-bond acceptors (Lipinski definition) is 5. The number of aryl methyl sites for hydroxylation is 1. The molecule has 186 valence electrons. The fourth-order valence-electron chi connectivity index (χ4n) is 3.85. The molecule has 1 unspecified atom stereocenters. The topological polar surface area (TPSA) is 74.2 Å². The number of ether oxygens (including phenoxy) is 1. The van der Waals surface area contributed by atoms with Crippen LogP contribution in [0.15, 0.2) is 36.4 Å². The molecule has 0 radical (unpaired) electrons. The fraction of sp³-hybridized carbons (Fsp3) is 0.615. The lowest BCUT2D eigenvalue weighted by Crippen LogP contribution is -2.06. The Labute approximate surface area is 199 Å². The summed E-state index contributed by atoms with van der Waals surface area (Å²) in [5.74, 6) is 0.478. The van der Waals surface area contributed by atoms with Crippen LogP contribution in [0.3, 0.4) is 0 Å². The number of phosphoric ester groups is 1. The van der Waals surface area contributed by atoms with Crippen LogP contribution in [-0.4, -0.2) is 24.7 Å². The van der Waals surface area contributed by atoms with Gasteiger partial charge in [0.25, 0.3) is 0 Å². The minimum absolute atomic E-state index is 0.0496. The van der Waals surface area contributed by atoms with Gasteiger partial charge < -0.3 is 14.5 Å². The van der Waals surface area contributed by atoms with Gasteiger partial charge in [-0.25, -0.2) is 4.57 Å². The molecule has 0 saturated heterocycles. The van der Waals surface area contributed by atoms with Crippen LogP contribution in [0, 0.1) is 0 Å². The zero-order valence-electron chi connectivity index (χ0n) is 20.3. The monoisotopic (exact) mass is 480 g/mol. The molecule has 1 atom stereocenters. The van der Waals surface area contributed by atoms with E-state index in [9.17, 15) is 9.46 Å². The molecule has 2 rings (SSSR count). The molecule has 2 aromatic carbocycles. The maximum Gasteiger partial charge on any atom is 0.508 e. The Kier molecular flexibility index (Phi) is 13.7. The van der Waals surface area contributed by atoms with Gasteiger partial charge in [0, 0.05) is 12.0 Å². The fourth-order valence-corrected chi connectivity index (χ4v) is 4.37. The first-order valence-corrected chi connectivity index (χ1v) is 14.0. The van der Waals surface area contributed by atoms with Gasteiger partial charge in [0.15, 0.2) is 5.75 Å². The van der Waals surface area contributed by atoms with E-state index in [1.54, 1.807) is 0 Å². The standard InChI is InChI=1S/C26H41O6P/c1-3-5-6-7-8-9-10-11-12-13-17-24-20-19-23-16-14-15-18-25(23)26(24)31-32-33(27,28)30-22-21-29-4-2/h14-16,18-20H,3-13,17,21-22H2,1-2H3,(H,27,28). The third kappa shape index (κ3) is 11.0. The second kappa shape index (κ2) is 16.2. The summed E-state index contributed by atoms with van der Waals surface area (Å²) in [4.78, 5) is 15.4. The average Bonchev–Trinajstić information content (AvgIpc) is 2.82. The van der Waals surface area contributed by atoms with Crippen molar-refractivity contribution in [3.63, 3.8) is 0 Å². The largest absolute Gasteiger partial charge is 0.508 e. The zero-order chi connectivity index (χ0) is 23.8. The maximum atomic E-state index is 12.2. The molecule has 0 aromatic heterocycles. The normalized spacial score (nSPS) is 13.3. The van der Waals surface area contributed by atoms with Crippen LogP contribution < -0.4 is 4.89 Å². The molecule has 0 aliphatic rings. The minimum atomic E-state index is -4.35. The van der Waals surface area contributed by atoms with Crippen molar-refractivity contribution in [2.45, 2.75) is 84.5 Å². The van der Waals surface area contributed by atoms with E-state index in [1.807, 2.05) is 43.3 Å². The van der Waals surface area contributed by atoms with E-state index in [1.165, 1.54) is 51.4 Å². The molecule has 0 spiro atoms. The third-order valence-electron chi connectivity index (χ3n) is 5.66. The van der Waals surface area contributed by atoms with Gasteiger partial charge >= 0.3 is 7.82 Å². The predicted molar refractivity (Wildman–Crippen MR) is 133 cm³/mol. The summed E-state index contributed by atoms with van der Waals surface area (Å²) in [6.45, 7) is 4.76. The van der Waals surface area contributed by atoms with Gasteiger partial charge in [0.1, 0.15) is 0 Å². The highest BCUT2D eigenvalue weighted by molar-refractivity contribution is 7.47. The van der Waals surface area contributed by atoms with Crippen molar-refractivity contribution >= 4 is 18.6 Å². The molecule has 0 amide bonds. The van der Waals surface area contributed by atoms with E-state index >= 15 is 0 Å². The van der Waals surface area contributed by atoms with Crippen molar-refractivity contribution in [2.75, 3.05) is 19.8 Å². The quantitative estimate of drug-likeness (QED) is 0.0958. The smallest absolute Gasteiger partial charge is 0.379 e. The first-order valence-electron chi connectivity index (χ1n) is 12.5. The number of hydrogen-bond donors (Lipinski definition) is 1. The summed E-state index contributed by atoms with van der Waals surface area (Å²) in [6.07, 6.45) is 13.5. The lowest BCUT2D eigenvalue weighted by molar-refractivity contribution is -0.128. The summed E-state index contributed by atoms with van der Waals surface area (Å²) in [6, 6.07) is 11.8. The van der Waals surface area contributed by atoms with E-state index in [0.717, 1.165) is 35.6 Å². The Morgan fingerprint density at radius 1 is 0.818 bits per heavy atom. The first-order chi connectivity index (χ1) is 16.1. The highest BCUT2D eigenvalue weighted by atomic mass is 31.2. The molecule has 0 aliphatic heterocycles. The Bertz CT molecular complexity index is 841. The van der Waals surface area contributed by atoms with Crippen LogP contribution in [0.4, 0.5) is 0 Å². The van der Waals surface area contributed by atoms with E-state index in [2.05, 4.69) is 6.92 Å². The Balaban J connectivity index is 1.86. The number of benzene rings is 2. The molecule has 1 N–H and O–H groups in total. The second-order valence-corrected chi connectivity index (χ2v) is 9.71. The molecule has 2 aromatic rings. The van der Waals surface area contributed by atoms with Crippen LogP contribution in [-0.2, 0) is 24.9 Å². The Morgan fingerprint density at radius 3 is 2.18 bits per heavy atom. The first kappa shape index (κ1) is 27.8. The molecule has 33 heavy (non-hydrogen) atoms. The molecule has 0 saturated carbocycles. The van der Waals surface area contributed by atoms with Crippen molar-refractivity contribution < 1.29 is 28.3 Å². The lowest BCUT2D eigenvalue weighted by Gasteiger charge is -2.15. The number of phosphoric acid groups is 1. The van der Waals surface area contributed by atoms with E-state index in [0.29, 0.717) is 12.4 Å². The molecule has 6 nitrogen and oxygen atoms in total. The molecule has 0 heterocycles. The lowest BCUT2D eigenvalue weighted by atomic mass is 10.00. The summed E-state index contributed by atoms with van der Waals surface area (Å²) < 4.78 is 27.1. The summed E-state index contributed by atoms with van der Waals surface area (Å²) >= 11 is 0. The highest BCUT2D eigenvalue weighted by Gasteiger charge is 2.25. The minimum Gasteiger partial charge on any atom is -0.379 e. The van der Waals surface area contributed by atoms with Crippen molar-refractivity contribution in [3.05, 3.63) is 42.0 Å². The number of unbranched alkanes of at least 4 members (excludes halogenated alkanes) is 9. The third-order valence-corrected chi connectivity index (χ3v) is 6.43. The molecule has 0 fully saturated rings. The van der Waals surface area contributed by atoms with Crippen molar-refractivity contribution in [1.29, 1.82) is 0 Å². The van der Waals surface area contributed by atoms with Gasteiger partial charge in [-0.15, -0.1) is 0 Å². The van der Waals surface area contributed by atoms with Crippen LogP contribution in [0.25, 0.3) is 10.8 Å². The van der Waals surface area contributed by atoms with E-state index < -0.39 is 7.82 Å². The van der Waals surface area contributed by atoms with Gasteiger partial charge in [-0.1, -0.05) is 106 Å². The van der Waals surface area contributed by atoms with E-state index in [4.69, 9.17) is 18.8 Å². The zero-order valence-corrected chi connectivity index (χ0v) is 21.2. The summed E-state index contributed by atoms with van der Waals surface area (Å²) in [5, 5.41) is 1.82. The molecule has 0 aliphatic carbocycles. The predicted octanol–water partition coefficient (Wildman–Crippen LogP) is 7.77. The molecular formula is C26H41O6P. The SMILES string of the molecule is CCCCCCCCCCCCc1ccc2ccccc2c1OOP(=O)(O)OCCOCC. The summed E-state index contributed by atoms with van der Waals surface area (Å²) in [7, 11) is -4.35. The van der Waals surface area contributed by atoms with Crippen molar-refractivity contribution in [3.8, 4) is 5.75 Å². The Hall–Kier alpha value is -1.43. The number of rotatable bonds is 19. The van der Waals surface area contributed by atoms with Gasteiger partial charge in [-0.3, -0.25) is 4.52 Å². The van der Waals surface area contributed by atoms with Crippen LogP contribution >= 0.6 is 7.82 Å². The molecule has 7 heteroatoms. The van der Waals surface area contributed by atoms with Crippen LogP contribution in [0.1, 0.15) is 83.6 Å². The average molecular weight is 481 g/mol. The van der Waals surface area contributed by atoms with Crippen LogP contribution in [0.5, 0.6) is 5.75 Å². The summed E-state index contributed by atoms with van der Waals surface area (Å²) in [5.41, 5.74) is 0.961. The van der Waals surface area contributed by atoms with Gasteiger partial charge in [0.2, 0.25) is 0 Å². The van der Waals surface area contributed by atoms with Crippen LogP contribution in [0.2, 0.25) is 0 Å². The molecule has 0 bridgehead atoms. The van der Waals surface area contributed by atoms with Gasteiger partial charge in [0.05, 0.1) is 13.2 Å². The highest BCUT2D eigenvalue weighted by Crippen LogP contribution is 2.44. The van der Waals surface area contributed by atoms with Crippen molar-refractivity contribution in [2.24, 2.45) is 0 Å². The van der Waals surface area contributed by atoms with Gasteiger partial charge in [-0.05, 0) is 30.7 Å². The maximum absolute atomic E-state index is 12.2. The number of fused-ring (bicyclic) bond motifs is 1. The second-order valence-electron chi connectivity index (χ2n) is 8.36. The van der Waals surface area contributed by atoms with E-state index in [-0.39, 0.29) is 13.2 Å². The Morgan fingerprint density at radius 2 is 1.48 bits per heavy atom. The molecular weight excluding hydrogens is 439 g/mol.